The number of benzene rings is 1. The molecule has 0 spiro atoms. The van der Waals surface area contributed by atoms with Gasteiger partial charge in [0, 0.05) is 32.7 Å². The van der Waals surface area contributed by atoms with E-state index in [1.807, 2.05) is 18.4 Å². The smallest absolute Gasteiger partial charge is 0.254 e. The summed E-state index contributed by atoms with van der Waals surface area (Å²) in [6.07, 6.45) is 0. The van der Waals surface area contributed by atoms with Gasteiger partial charge in [0.1, 0.15) is 11.6 Å². The van der Waals surface area contributed by atoms with E-state index in [0.717, 1.165) is 5.69 Å². The largest absolute Gasteiger partial charge is 0.383 e. The van der Waals surface area contributed by atoms with Crippen LogP contribution in [0, 0.1) is 12.7 Å². The molecule has 33 heavy (non-hydrogen) atoms. The van der Waals surface area contributed by atoms with Gasteiger partial charge in [0.05, 0.1) is 24.9 Å². The second-order valence-electron chi connectivity index (χ2n) is 7.79. The van der Waals surface area contributed by atoms with Crippen molar-refractivity contribution in [2.75, 3.05) is 31.7 Å². The highest BCUT2D eigenvalue weighted by atomic mass is 32.1. The number of aryl methyl sites for hydroxylation is 1. The van der Waals surface area contributed by atoms with Crippen LogP contribution in [0.4, 0.5) is 10.2 Å². The van der Waals surface area contributed by atoms with Crippen molar-refractivity contribution in [1.29, 1.82) is 0 Å². The van der Waals surface area contributed by atoms with E-state index in [1.165, 1.54) is 42.7 Å². The number of aromatic nitrogens is 4. The molecule has 0 aliphatic carbocycles. The van der Waals surface area contributed by atoms with Crippen LogP contribution < -0.4 is 4.90 Å². The van der Waals surface area contributed by atoms with Crippen molar-refractivity contribution in [2.24, 2.45) is 0 Å². The van der Waals surface area contributed by atoms with Crippen LogP contribution in [0.5, 0.6) is 0 Å². The lowest BCUT2D eigenvalue weighted by atomic mass is 10.1. The number of fused-ring (bicyclic) bond motifs is 1. The molecular formula is C22H25FN6O3S. The molecule has 3 heterocycles. The van der Waals surface area contributed by atoms with E-state index >= 15 is 0 Å². The van der Waals surface area contributed by atoms with Gasteiger partial charge >= 0.3 is 0 Å². The molecule has 0 bridgehead atoms. The molecule has 1 unspecified atom stereocenters. The molecule has 2 amide bonds. The quantitative estimate of drug-likeness (QED) is 0.547. The zero-order valence-corrected chi connectivity index (χ0v) is 19.7. The lowest BCUT2D eigenvalue weighted by Crippen LogP contribution is -2.42. The molecule has 9 nitrogen and oxygen atoms in total. The number of carbonyl (C=O) groups is 2. The summed E-state index contributed by atoms with van der Waals surface area (Å²) in [6.45, 7) is 6.76. The Morgan fingerprint density at radius 1 is 1.24 bits per heavy atom. The van der Waals surface area contributed by atoms with Crippen molar-refractivity contribution in [1.82, 2.24) is 23.8 Å². The van der Waals surface area contributed by atoms with Crippen molar-refractivity contribution < 1.29 is 18.7 Å². The van der Waals surface area contributed by atoms with Crippen molar-refractivity contribution in [3.63, 3.8) is 0 Å². The minimum Gasteiger partial charge on any atom is -0.383 e. The average molecular weight is 473 g/mol. The Morgan fingerprint density at radius 2 is 1.97 bits per heavy atom. The number of hydrogen-bond acceptors (Lipinski definition) is 7. The lowest BCUT2D eigenvalue weighted by Gasteiger charge is -2.36. The van der Waals surface area contributed by atoms with Gasteiger partial charge in [-0.05, 0) is 49.6 Å². The van der Waals surface area contributed by atoms with E-state index in [-0.39, 0.29) is 17.9 Å². The first-order chi connectivity index (χ1) is 15.8. The molecule has 1 aromatic carbocycles. The SMILES string of the molecule is COCCN(C(C)=O)c1nc(-c2nc(C)ns2)n2c1C(C)N(C(=O)c1ccc(F)cc1)CC2. The highest BCUT2D eigenvalue weighted by Gasteiger charge is 2.36. The molecule has 1 atom stereocenters. The molecule has 4 rings (SSSR count). The first-order valence-electron chi connectivity index (χ1n) is 10.6. The summed E-state index contributed by atoms with van der Waals surface area (Å²) in [4.78, 5) is 38.4. The molecule has 3 aromatic rings. The standard InChI is InChI=1S/C22H25FN6O3S/c1-13-18-19(28(15(3)30)11-12-32-4)25-20(21-24-14(2)26-33-21)29(18)10-9-27(13)22(31)16-5-7-17(23)8-6-16/h5-8,13H,9-12H2,1-4H3. The fourth-order valence-electron chi connectivity index (χ4n) is 4.02. The zero-order valence-electron chi connectivity index (χ0n) is 18.9. The topological polar surface area (TPSA) is 93.5 Å². The molecule has 2 aromatic heterocycles. The number of methoxy groups -OCH3 is 1. The van der Waals surface area contributed by atoms with E-state index in [2.05, 4.69) is 9.36 Å². The third kappa shape index (κ3) is 4.38. The van der Waals surface area contributed by atoms with Gasteiger partial charge in [-0.15, -0.1) is 0 Å². The van der Waals surface area contributed by atoms with Crippen molar-refractivity contribution >= 4 is 29.2 Å². The molecule has 0 saturated heterocycles. The minimum atomic E-state index is -0.397. The number of rotatable bonds is 6. The molecule has 1 aliphatic heterocycles. The van der Waals surface area contributed by atoms with Crippen LogP contribution in [0.15, 0.2) is 24.3 Å². The molecule has 0 radical (unpaired) electrons. The number of amides is 2. The fourth-order valence-corrected chi connectivity index (χ4v) is 4.69. The number of ether oxygens (including phenoxy) is 1. The summed E-state index contributed by atoms with van der Waals surface area (Å²) in [5.74, 6) is 0.962. The number of imidazole rings is 1. The van der Waals surface area contributed by atoms with Crippen molar-refractivity contribution in [3.8, 4) is 10.8 Å². The Labute approximate surface area is 195 Å². The van der Waals surface area contributed by atoms with Crippen LogP contribution in [0.25, 0.3) is 10.8 Å². The number of nitrogens with zero attached hydrogens (tertiary/aromatic N) is 6. The molecule has 0 fully saturated rings. The fraction of sp³-hybridized carbons (Fsp3) is 0.409. The monoisotopic (exact) mass is 472 g/mol. The predicted molar refractivity (Wildman–Crippen MR) is 122 cm³/mol. The third-order valence-electron chi connectivity index (χ3n) is 5.64. The van der Waals surface area contributed by atoms with Crippen molar-refractivity contribution in [3.05, 3.63) is 47.2 Å². The van der Waals surface area contributed by atoms with Crippen LogP contribution in [0.3, 0.4) is 0 Å². The maximum absolute atomic E-state index is 13.4. The summed E-state index contributed by atoms with van der Waals surface area (Å²) in [5.41, 5.74) is 1.14. The summed E-state index contributed by atoms with van der Waals surface area (Å²) in [5, 5.41) is 0.653. The van der Waals surface area contributed by atoms with Crippen LogP contribution in [0.1, 0.15) is 41.8 Å². The first kappa shape index (κ1) is 23.0. The molecule has 11 heteroatoms. The molecule has 1 aliphatic rings. The number of carbonyl (C=O) groups excluding carboxylic acids is 2. The van der Waals surface area contributed by atoms with Crippen LogP contribution in [0.2, 0.25) is 0 Å². The molecule has 174 valence electrons. The zero-order chi connectivity index (χ0) is 23.7. The van der Waals surface area contributed by atoms with E-state index in [1.54, 1.807) is 16.9 Å². The maximum atomic E-state index is 13.4. The summed E-state index contributed by atoms with van der Waals surface area (Å²) in [7, 11) is 1.57. The lowest BCUT2D eigenvalue weighted by molar-refractivity contribution is -0.116. The van der Waals surface area contributed by atoms with Gasteiger partial charge in [-0.2, -0.15) is 4.37 Å². The van der Waals surface area contributed by atoms with Gasteiger partial charge in [-0.3, -0.25) is 14.5 Å². The summed E-state index contributed by atoms with van der Waals surface area (Å²) >= 11 is 1.24. The van der Waals surface area contributed by atoms with Crippen LogP contribution in [-0.2, 0) is 16.1 Å². The maximum Gasteiger partial charge on any atom is 0.254 e. The van der Waals surface area contributed by atoms with Gasteiger partial charge in [-0.1, -0.05) is 0 Å². The van der Waals surface area contributed by atoms with Gasteiger partial charge in [0.2, 0.25) is 5.91 Å². The molecular weight excluding hydrogens is 447 g/mol. The van der Waals surface area contributed by atoms with Crippen molar-refractivity contribution in [2.45, 2.75) is 33.4 Å². The van der Waals surface area contributed by atoms with E-state index in [0.29, 0.717) is 54.3 Å². The summed E-state index contributed by atoms with van der Waals surface area (Å²) < 4.78 is 24.8. The Bertz CT molecular complexity index is 1180. The second kappa shape index (κ2) is 9.36. The van der Waals surface area contributed by atoms with E-state index < -0.39 is 5.82 Å². The Hall–Kier alpha value is -3.18. The minimum absolute atomic E-state index is 0.179. The van der Waals surface area contributed by atoms with Crippen LogP contribution >= 0.6 is 11.5 Å². The Balaban J connectivity index is 1.79. The normalized spacial score (nSPS) is 15.4. The van der Waals surface area contributed by atoms with Gasteiger partial charge in [0.15, 0.2) is 16.6 Å². The number of hydrogen-bond donors (Lipinski definition) is 0. The Kier molecular flexibility index (Phi) is 6.52. The molecule has 0 N–H and O–H groups in total. The third-order valence-corrected chi connectivity index (χ3v) is 6.44. The molecule has 0 saturated carbocycles. The number of anilines is 1. The van der Waals surface area contributed by atoms with Gasteiger partial charge < -0.3 is 14.2 Å². The second-order valence-corrected chi connectivity index (χ2v) is 8.54. The number of halogens is 1. The predicted octanol–water partition coefficient (Wildman–Crippen LogP) is 3.07. The Morgan fingerprint density at radius 3 is 2.58 bits per heavy atom. The van der Waals surface area contributed by atoms with Gasteiger partial charge in [0.25, 0.3) is 5.91 Å². The average Bonchev–Trinajstić information content (AvgIpc) is 3.38. The van der Waals surface area contributed by atoms with Gasteiger partial charge in [-0.25, -0.2) is 14.4 Å². The van der Waals surface area contributed by atoms with Crippen LogP contribution in [-0.4, -0.2) is 62.4 Å². The highest BCUT2D eigenvalue weighted by Crippen LogP contribution is 2.38. The van der Waals surface area contributed by atoms with E-state index in [9.17, 15) is 14.0 Å². The highest BCUT2D eigenvalue weighted by molar-refractivity contribution is 7.09. The first-order valence-corrected chi connectivity index (χ1v) is 11.3. The summed E-state index contributed by atoms with van der Waals surface area (Å²) in [6, 6.07) is 5.12. The van der Waals surface area contributed by atoms with E-state index in [4.69, 9.17) is 9.72 Å².